The van der Waals surface area contributed by atoms with Crippen LogP contribution in [0.25, 0.3) is 5.57 Å². The fraction of sp³-hybridized carbons (Fsp3) is 0.235. The minimum absolute atomic E-state index is 0.0448. The van der Waals surface area contributed by atoms with Gasteiger partial charge in [-0.25, -0.2) is 0 Å². The number of benzene rings is 3. The molecule has 0 bridgehead atoms. The monoisotopic (exact) mass is 623 g/mol. The zero-order chi connectivity index (χ0) is 29.3. The number of aromatic hydroxyl groups is 1. The van der Waals surface area contributed by atoms with Gasteiger partial charge in [0.25, 0.3) is 11.8 Å². The second-order valence-electron chi connectivity index (χ2n) is 11.5. The molecule has 6 unspecified atom stereocenters. The Kier molecular flexibility index (Phi) is 6.18. The van der Waals surface area contributed by atoms with Gasteiger partial charge in [-0.2, -0.15) is 5.06 Å². The Morgan fingerprint density at radius 1 is 0.857 bits per heavy atom. The molecule has 2 fully saturated rings. The summed E-state index contributed by atoms with van der Waals surface area (Å²) in [5.74, 6) is -5.85. The van der Waals surface area contributed by atoms with Crippen molar-refractivity contribution in [3.63, 3.8) is 0 Å². The number of amides is 2. The Hall–Kier alpha value is -4.14. The molecule has 1 saturated carbocycles. The highest BCUT2D eigenvalue weighted by molar-refractivity contribution is 9.10. The molecule has 7 rings (SSSR count). The normalized spacial score (nSPS) is 30.3. The van der Waals surface area contributed by atoms with Crippen LogP contribution in [0.15, 0.2) is 101 Å². The van der Waals surface area contributed by atoms with E-state index in [-0.39, 0.29) is 35.2 Å². The molecule has 210 valence electrons. The second kappa shape index (κ2) is 9.71. The van der Waals surface area contributed by atoms with Crippen molar-refractivity contribution in [2.45, 2.75) is 24.2 Å². The molecule has 6 atom stereocenters. The lowest BCUT2D eigenvalue weighted by atomic mass is 9.44. The van der Waals surface area contributed by atoms with Crippen LogP contribution in [0.1, 0.15) is 35.4 Å². The first-order valence-corrected chi connectivity index (χ1v) is 14.7. The number of allylic oxidation sites excluding steroid dienone is 4. The van der Waals surface area contributed by atoms with E-state index in [1.54, 1.807) is 42.5 Å². The van der Waals surface area contributed by atoms with E-state index in [1.807, 2.05) is 42.5 Å². The number of hydroxylamine groups is 2. The SMILES string of the molecule is O=C1C(c2ccccc2)=CC(=O)C2(c3ccccc3)C1CC1C(=CCC3C(=O)N(O)C(=O)C31)C2c1cc(Br)ccc1O. The summed E-state index contributed by atoms with van der Waals surface area (Å²) in [7, 11) is 0. The lowest BCUT2D eigenvalue weighted by molar-refractivity contribution is -0.173. The Bertz CT molecular complexity index is 1730. The van der Waals surface area contributed by atoms with Crippen LogP contribution in [-0.4, -0.2) is 38.8 Å². The number of imide groups is 1. The molecule has 0 aromatic heterocycles. The number of fused-ring (bicyclic) bond motifs is 4. The first-order chi connectivity index (χ1) is 20.2. The first kappa shape index (κ1) is 26.7. The highest BCUT2D eigenvalue weighted by atomic mass is 79.9. The number of ketones is 2. The lowest BCUT2D eigenvalue weighted by Gasteiger charge is -2.55. The Balaban J connectivity index is 1.54. The summed E-state index contributed by atoms with van der Waals surface area (Å²) >= 11 is 3.52. The fourth-order valence-electron chi connectivity index (χ4n) is 7.96. The molecule has 7 nitrogen and oxygen atoms in total. The van der Waals surface area contributed by atoms with E-state index in [9.17, 15) is 29.5 Å². The van der Waals surface area contributed by atoms with E-state index < -0.39 is 46.8 Å². The van der Waals surface area contributed by atoms with E-state index >= 15 is 0 Å². The molecular formula is C34H26BrNO6. The number of halogens is 1. The van der Waals surface area contributed by atoms with Crippen molar-refractivity contribution < 1.29 is 29.5 Å². The van der Waals surface area contributed by atoms with Gasteiger partial charge in [0, 0.05) is 27.4 Å². The highest BCUT2D eigenvalue weighted by Gasteiger charge is 2.66. The third kappa shape index (κ3) is 3.61. The second-order valence-corrected chi connectivity index (χ2v) is 12.4. The van der Waals surface area contributed by atoms with Crippen LogP contribution >= 0.6 is 15.9 Å². The standard InChI is InChI=1S/C34H26BrNO6/c35-20-11-14-27(37)25(15-20)30-21-12-13-22-29(33(41)36(42)32(22)40)24(21)16-26-31(39)23(18-7-3-1-4-8-18)17-28(38)34(26,30)19-9-5-2-6-10-19/h1-12,14-15,17,22,24,26,29-30,37,42H,13,16H2. The molecule has 1 saturated heterocycles. The quantitative estimate of drug-likeness (QED) is 0.230. The zero-order valence-electron chi connectivity index (χ0n) is 22.3. The van der Waals surface area contributed by atoms with Crippen molar-refractivity contribution in [1.82, 2.24) is 5.06 Å². The molecule has 3 aromatic rings. The molecule has 0 radical (unpaired) electrons. The number of phenolic OH excluding ortho intramolecular Hbond substituents is 1. The summed E-state index contributed by atoms with van der Waals surface area (Å²) in [4.78, 5) is 55.6. The van der Waals surface area contributed by atoms with Gasteiger partial charge in [-0.3, -0.25) is 24.4 Å². The average molecular weight is 624 g/mol. The van der Waals surface area contributed by atoms with Gasteiger partial charge in [0.1, 0.15) is 5.75 Å². The average Bonchev–Trinajstić information content (AvgIpc) is 3.23. The van der Waals surface area contributed by atoms with Crippen molar-refractivity contribution in [2.24, 2.45) is 23.7 Å². The summed E-state index contributed by atoms with van der Waals surface area (Å²) in [5.41, 5.74) is 1.30. The number of hydrogen-bond donors (Lipinski definition) is 2. The third-order valence-electron chi connectivity index (χ3n) is 9.65. The Morgan fingerprint density at radius 2 is 1.55 bits per heavy atom. The Morgan fingerprint density at radius 3 is 2.26 bits per heavy atom. The van der Waals surface area contributed by atoms with Gasteiger partial charge >= 0.3 is 0 Å². The van der Waals surface area contributed by atoms with Crippen molar-refractivity contribution in [3.8, 4) is 5.75 Å². The maximum Gasteiger partial charge on any atom is 0.257 e. The predicted octanol–water partition coefficient (Wildman–Crippen LogP) is 5.37. The van der Waals surface area contributed by atoms with Crippen LogP contribution in [-0.2, 0) is 24.6 Å². The zero-order valence-corrected chi connectivity index (χ0v) is 23.9. The summed E-state index contributed by atoms with van der Waals surface area (Å²) in [5, 5.41) is 21.8. The third-order valence-corrected chi connectivity index (χ3v) is 10.1. The molecule has 1 aliphatic heterocycles. The predicted molar refractivity (Wildman–Crippen MR) is 156 cm³/mol. The largest absolute Gasteiger partial charge is 0.508 e. The molecule has 42 heavy (non-hydrogen) atoms. The van der Waals surface area contributed by atoms with Gasteiger partial charge in [0.2, 0.25) is 0 Å². The van der Waals surface area contributed by atoms with Gasteiger partial charge in [0.05, 0.1) is 17.3 Å². The van der Waals surface area contributed by atoms with Gasteiger partial charge < -0.3 is 5.11 Å². The fourth-order valence-corrected chi connectivity index (χ4v) is 8.34. The van der Waals surface area contributed by atoms with Crippen LogP contribution in [0.2, 0.25) is 0 Å². The minimum atomic E-state index is -1.42. The molecule has 2 amide bonds. The Labute approximate surface area is 250 Å². The number of carbonyl (C=O) groups is 4. The van der Waals surface area contributed by atoms with E-state index in [1.165, 1.54) is 6.08 Å². The highest BCUT2D eigenvalue weighted by Crippen LogP contribution is 2.64. The molecular weight excluding hydrogens is 598 g/mol. The summed E-state index contributed by atoms with van der Waals surface area (Å²) in [6, 6.07) is 23.2. The van der Waals surface area contributed by atoms with E-state index in [4.69, 9.17) is 0 Å². The van der Waals surface area contributed by atoms with Crippen LogP contribution in [0.4, 0.5) is 0 Å². The molecule has 2 N–H and O–H groups in total. The number of phenols is 1. The summed E-state index contributed by atoms with van der Waals surface area (Å²) < 4.78 is 0.676. The van der Waals surface area contributed by atoms with E-state index in [2.05, 4.69) is 15.9 Å². The number of hydrogen-bond acceptors (Lipinski definition) is 6. The minimum Gasteiger partial charge on any atom is -0.508 e. The van der Waals surface area contributed by atoms with Crippen molar-refractivity contribution in [2.75, 3.05) is 0 Å². The van der Waals surface area contributed by atoms with Gasteiger partial charge in [-0.1, -0.05) is 88.2 Å². The molecule has 1 heterocycles. The molecule has 0 spiro atoms. The molecule has 3 aromatic carbocycles. The summed E-state index contributed by atoms with van der Waals surface area (Å²) in [6.45, 7) is 0. The van der Waals surface area contributed by atoms with Crippen LogP contribution in [0.5, 0.6) is 5.75 Å². The maximum absolute atomic E-state index is 14.8. The smallest absolute Gasteiger partial charge is 0.257 e. The van der Waals surface area contributed by atoms with Gasteiger partial charge in [-0.05, 0) is 54.2 Å². The molecule has 3 aliphatic carbocycles. The first-order valence-electron chi connectivity index (χ1n) is 13.9. The number of Topliss-reactive ketones (excluding diaryl/α,β-unsaturated/α-hetero) is 1. The van der Waals surface area contributed by atoms with Crippen LogP contribution < -0.4 is 0 Å². The van der Waals surface area contributed by atoms with Crippen molar-refractivity contribution in [3.05, 3.63) is 118 Å². The van der Waals surface area contributed by atoms with Crippen molar-refractivity contribution >= 4 is 44.9 Å². The van der Waals surface area contributed by atoms with E-state index in [0.29, 0.717) is 26.7 Å². The maximum atomic E-state index is 14.8. The summed E-state index contributed by atoms with van der Waals surface area (Å²) in [6.07, 6.45) is 3.66. The topological polar surface area (TPSA) is 112 Å². The molecule has 4 aliphatic rings. The van der Waals surface area contributed by atoms with Gasteiger partial charge in [-0.15, -0.1) is 0 Å². The number of rotatable bonds is 3. The van der Waals surface area contributed by atoms with Gasteiger partial charge in [0.15, 0.2) is 11.6 Å². The van der Waals surface area contributed by atoms with Crippen LogP contribution in [0, 0.1) is 23.7 Å². The van der Waals surface area contributed by atoms with Crippen molar-refractivity contribution in [1.29, 1.82) is 0 Å². The molecule has 8 heteroatoms. The lowest BCUT2D eigenvalue weighted by Crippen LogP contribution is -2.58. The number of carbonyl (C=O) groups excluding carboxylic acids is 4. The number of nitrogens with zero attached hydrogens (tertiary/aromatic N) is 1. The van der Waals surface area contributed by atoms with Crippen LogP contribution in [0.3, 0.4) is 0 Å². The van der Waals surface area contributed by atoms with E-state index in [0.717, 1.165) is 5.57 Å².